The zero-order valence-electron chi connectivity index (χ0n) is 17.2. The van der Waals surface area contributed by atoms with Crippen molar-refractivity contribution in [1.82, 2.24) is 15.5 Å². The number of nitrogens with one attached hydrogen (secondary N) is 2. The van der Waals surface area contributed by atoms with E-state index >= 15 is 0 Å². The first-order valence-corrected chi connectivity index (χ1v) is 10.0. The third kappa shape index (κ3) is 8.29. The molecule has 30 heavy (non-hydrogen) atoms. The van der Waals surface area contributed by atoms with Crippen LogP contribution in [0.25, 0.3) is 0 Å². The molecule has 0 fully saturated rings. The van der Waals surface area contributed by atoms with Crippen LogP contribution in [0, 0.1) is 0 Å². The second-order valence-electron chi connectivity index (χ2n) is 6.69. The van der Waals surface area contributed by atoms with Gasteiger partial charge >= 0.3 is 0 Å². The molecule has 0 aliphatic heterocycles. The summed E-state index contributed by atoms with van der Waals surface area (Å²) in [5.74, 6) is 0.540. The third-order valence-electron chi connectivity index (χ3n) is 4.10. The zero-order valence-corrected chi connectivity index (χ0v) is 21.0. The number of carbonyl (C=O) groups excluding carboxylic acids is 1. The van der Waals surface area contributed by atoms with Crippen LogP contribution in [0.15, 0.2) is 47.5 Å². The van der Waals surface area contributed by atoms with Gasteiger partial charge in [-0.2, -0.15) is 0 Å². The molecule has 1 atom stereocenters. The SMILES string of the molecule is CCNC(=NCc1ccc(C(=O)N(C)C)cc1)NCC(O)c1cc(Cl)cc(Cl)c1.I. The average molecular weight is 565 g/mol. The van der Waals surface area contributed by atoms with Crippen molar-refractivity contribution in [1.29, 1.82) is 0 Å². The Kier molecular flexibility index (Phi) is 11.5. The first-order valence-electron chi connectivity index (χ1n) is 9.27. The van der Waals surface area contributed by atoms with Crippen molar-refractivity contribution in [3.63, 3.8) is 0 Å². The number of benzene rings is 2. The Morgan fingerprint density at radius 3 is 2.23 bits per heavy atom. The quantitative estimate of drug-likeness (QED) is 0.269. The molecule has 6 nitrogen and oxygen atoms in total. The predicted molar refractivity (Wildman–Crippen MR) is 134 cm³/mol. The van der Waals surface area contributed by atoms with Gasteiger partial charge in [-0.15, -0.1) is 24.0 Å². The van der Waals surface area contributed by atoms with Crippen molar-refractivity contribution in [2.24, 2.45) is 4.99 Å². The van der Waals surface area contributed by atoms with E-state index in [0.29, 0.717) is 40.2 Å². The number of rotatable bonds is 7. The molecule has 2 aromatic carbocycles. The smallest absolute Gasteiger partial charge is 0.253 e. The maximum atomic E-state index is 12.0. The number of guanidine groups is 1. The van der Waals surface area contributed by atoms with Crippen LogP contribution >= 0.6 is 47.2 Å². The van der Waals surface area contributed by atoms with Crippen molar-refractivity contribution in [3.8, 4) is 0 Å². The highest BCUT2D eigenvalue weighted by Crippen LogP contribution is 2.23. The number of aliphatic hydroxyl groups excluding tert-OH is 1. The fourth-order valence-corrected chi connectivity index (χ4v) is 3.14. The summed E-state index contributed by atoms with van der Waals surface area (Å²) in [6.45, 7) is 3.33. The Morgan fingerprint density at radius 2 is 1.70 bits per heavy atom. The molecular formula is C21H27Cl2IN4O2. The standard InChI is InChI=1S/C21H26Cl2N4O2.HI/c1-4-24-21(26-13-19(28)16-9-17(22)11-18(23)10-16)25-12-14-5-7-15(8-6-14)20(29)27(2)3;/h5-11,19,28H,4,12-13H2,1-3H3,(H2,24,25,26);1H. The molecule has 0 heterocycles. The van der Waals surface area contributed by atoms with Crippen LogP contribution in [0.1, 0.15) is 34.5 Å². The number of hydrogen-bond acceptors (Lipinski definition) is 3. The van der Waals surface area contributed by atoms with Gasteiger partial charge in [0.15, 0.2) is 5.96 Å². The highest BCUT2D eigenvalue weighted by molar-refractivity contribution is 14.0. The Bertz CT molecular complexity index is 840. The van der Waals surface area contributed by atoms with Crippen LogP contribution in [0.2, 0.25) is 10.0 Å². The lowest BCUT2D eigenvalue weighted by Gasteiger charge is -2.16. The zero-order chi connectivity index (χ0) is 21.4. The van der Waals surface area contributed by atoms with Crippen molar-refractivity contribution in [2.75, 3.05) is 27.2 Å². The molecule has 0 spiro atoms. The molecule has 0 radical (unpaired) electrons. The second kappa shape index (κ2) is 13.0. The largest absolute Gasteiger partial charge is 0.387 e. The number of carbonyl (C=O) groups is 1. The minimum absolute atomic E-state index is 0. The number of hydrogen-bond donors (Lipinski definition) is 3. The lowest BCUT2D eigenvalue weighted by atomic mass is 10.1. The molecule has 0 saturated carbocycles. The van der Waals surface area contributed by atoms with Gasteiger partial charge in [-0.05, 0) is 48.4 Å². The number of aliphatic imine (C=N–C) groups is 1. The van der Waals surface area contributed by atoms with Crippen molar-refractivity contribution < 1.29 is 9.90 Å². The molecule has 0 saturated heterocycles. The van der Waals surface area contributed by atoms with Crippen LogP contribution in [-0.2, 0) is 6.54 Å². The Balaban J connectivity index is 0.00000450. The van der Waals surface area contributed by atoms with E-state index in [9.17, 15) is 9.90 Å². The monoisotopic (exact) mass is 564 g/mol. The second-order valence-corrected chi connectivity index (χ2v) is 7.56. The summed E-state index contributed by atoms with van der Waals surface area (Å²) < 4.78 is 0. The van der Waals surface area contributed by atoms with Gasteiger partial charge in [0, 0.05) is 42.8 Å². The van der Waals surface area contributed by atoms with Crippen LogP contribution < -0.4 is 10.6 Å². The molecule has 2 rings (SSSR count). The summed E-state index contributed by atoms with van der Waals surface area (Å²) in [4.78, 5) is 18.0. The summed E-state index contributed by atoms with van der Waals surface area (Å²) in [6.07, 6.45) is -0.786. The lowest BCUT2D eigenvalue weighted by molar-refractivity contribution is 0.0827. The van der Waals surface area contributed by atoms with E-state index < -0.39 is 6.10 Å². The summed E-state index contributed by atoms with van der Waals surface area (Å²) in [7, 11) is 3.45. The predicted octanol–water partition coefficient (Wildman–Crippen LogP) is 4.10. The molecule has 9 heteroatoms. The van der Waals surface area contributed by atoms with Gasteiger partial charge in [0.2, 0.25) is 0 Å². The van der Waals surface area contributed by atoms with E-state index in [1.807, 2.05) is 19.1 Å². The van der Waals surface area contributed by atoms with Crippen LogP contribution in [0.3, 0.4) is 0 Å². The Labute approximate surface area is 204 Å². The number of halogens is 3. The molecule has 164 valence electrons. The van der Waals surface area contributed by atoms with Gasteiger partial charge in [0.05, 0.1) is 12.6 Å². The van der Waals surface area contributed by atoms with Crippen molar-refractivity contribution >= 4 is 59.0 Å². The highest BCUT2D eigenvalue weighted by atomic mass is 127. The Hall–Kier alpha value is -1.55. The molecule has 2 aromatic rings. The minimum Gasteiger partial charge on any atom is -0.387 e. The van der Waals surface area contributed by atoms with E-state index in [2.05, 4.69) is 15.6 Å². The lowest BCUT2D eigenvalue weighted by Crippen LogP contribution is -2.39. The van der Waals surface area contributed by atoms with Gasteiger partial charge < -0.3 is 20.6 Å². The molecule has 0 aliphatic carbocycles. The number of nitrogens with zero attached hydrogens (tertiary/aromatic N) is 2. The molecule has 1 unspecified atom stereocenters. The molecule has 1 amide bonds. The van der Waals surface area contributed by atoms with Gasteiger partial charge in [-0.3, -0.25) is 4.79 Å². The number of amides is 1. The summed E-state index contributed by atoms with van der Waals surface area (Å²) in [6, 6.07) is 12.3. The molecule has 3 N–H and O–H groups in total. The molecule has 0 aromatic heterocycles. The van der Waals surface area contributed by atoms with Crippen LogP contribution in [0.4, 0.5) is 0 Å². The van der Waals surface area contributed by atoms with Gasteiger partial charge in [-0.25, -0.2) is 4.99 Å². The van der Waals surface area contributed by atoms with E-state index in [0.717, 1.165) is 5.56 Å². The van der Waals surface area contributed by atoms with Crippen LogP contribution in [0.5, 0.6) is 0 Å². The Morgan fingerprint density at radius 1 is 1.10 bits per heavy atom. The number of aliphatic hydroxyl groups is 1. The maximum absolute atomic E-state index is 12.0. The topological polar surface area (TPSA) is 77.0 Å². The van der Waals surface area contributed by atoms with E-state index in [-0.39, 0.29) is 36.4 Å². The average Bonchev–Trinajstić information content (AvgIpc) is 2.68. The normalized spacial score (nSPS) is 12.0. The minimum atomic E-state index is -0.786. The first-order chi connectivity index (χ1) is 13.8. The molecule has 0 aliphatic rings. The fraction of sp³-hybridized carbons (Fsp3) is 0.333. The van der Waals surface area contributed by atoms with E-state index in [1.165, 1.54) is 0 Å². The van der Waals surface area contributed by atoms with Gasteiger partial charge in [0.1, 0.15) is 0 Å². The first kappa shape index (κ1) is 26.5. The summed E-state index contributed by atoms with van der Waals surface area (Å²) in [5.41, 5.74) is 2.24. The maximum Gasteiger partial charge on any atom is 0.253 e. The van der Waals surface area contributed by atoms with E-state index in [1.54, 1.807) is 49.3 Å². The van der Waals surface area contributed by atoms with E-state index in [4.69, 9.17) is 23.2 Å². The van der Waals surface area contributed by atoms with Gasteiger partial charge in [-0.1, -0.05) is 35.3 Å². The van der Waals surface area contributed by atoms with Crippen LogP contribution in [-0.4, -0.2) is 49.1 Å². The fourth-order valence-electron chi connectivity index (χ4n) is 2.60. The van der Waals surface area contributed by atoms with Crippen molar-refractivity contribution in [3.05, 3.63) is 69.2 Å². The van der Waals surface area contributed by atoms with Crippen molar-refractivity contribution in [2.45, 2.75) is 19.6 Å². The summed E-state index contributed by atoms with van der Waals surface area (Å²) in [5, 5.41) is 17.6. The highest BCUT2D eigenvalue weighted by Gasteiger charge is 2.11. The summed E-state index contributed by atoms with van der Waals surface area (Å²) >= 11 is 12.0. The molecule has 0 bridgehead atoms. The van der Waals surface area contributed by atoms with Gasteiger partial charge in [0.25, 0.3) is 5.91 Å². The third-order valence-corrected chi connectivity index (χ3v) is 4.54. The molecular weight excluding hydrogens is 538 g/mol.